The molecule has 1 saturated heterocycles. The van der Waals surface area contributed by atoms with Crippen molar-refractivity contribution in [1.29, 1.82) is 0 Å². The van der Waals surface area contributed by atoms with Crippen molar-refractivity contribution >= 4 is 11.8 Å². The third-order valence-electron chi connectivity index (χ3n) is 5.04. The molecule has 1 aliphatic heterocycles. The largest absolute Gasteiger partial charge is 0.508 e. The van der Waals surface area contributed by atoms with Crippen LogP contribution in [-0.2, 0) is 9.59 Å². The van der Waals surface area contributed by atoms with Crippen molar-refractivity contribution in [1.82, 2.24) is 10.2 Å². The second kappa shape index (κ2) is 10.5. The van der Waals surface area contributed by atoms with Crippen LogP contribution in [0.1, 0.15) is 26.2 Å². The Hall–Kier alpha value is -3.22. The summed E-state index contributed by atoms with van der Waals surface area (Å²) in [5.74, 6) is 1.31. The van der Waals surface area contributed by atoms with Gasteiger partial charge in [0.15, 0.2) is 6.10 Å². The van der Waals surface area contributed by atoms with Crippen molar-refractivity contribution in [3.8, 4) is 17.2 Å². The van der Waals surface area contributed by atoms with E-state index in [-0.39, 0.29) is 23.6 Å². The number of rotatable bonds is 8. The van der Waals surface area contributed by atoms with E-state index in [1.54, 1.807) is 19.1 Å². The number of hydrogen-bond acceptors (Lipinski definition) is 5. The van der Waals surface area contributed by atoms with Gasteiger partial charge in [0.1, 0.15) is 17.2 Å². The summed E-state index contributed by atoms with van der Waals surface area (Å²) in [5.41, 5.74) is 0. The zero-order valence-electron chi connectivity index (χ0n) is 17.1. The number of nitrogens with zero attached hydrogens (tertiary/aromatic N) is 1. The molecule has 0 spiro atoms. The molecule has 0 radical (unpaired) electrons. The van der Waals surface area contributed by atoms with Crippen LogP contribution in [0.15, 0.2) is 54.6 Å². The lowest BCUT2D eigenvalue weighted by molar-refractivity contribution is -0.133. The van der Waals surface area contributed by atoms with E-state index in [2.05, 4.69) is 5.32 Å². The van der Waals surface area contributed by atoms with Crippen molar-refractivity contribution in [2.24, 2.45) is 0 Å². The predicted molar refractivity (Wildman–Crippen MR) is 112 cm³/mol. The fourth-order valence-electron chi connectivity index (χ4n) is 3.31. The van der Waals surface area contributed by atoms with E-state index in [4.69, 9.17) is 9.47 Å². The number of likely N-dealkylation sites (tertiary alicyclic amines) is 1. The zero-order valence-corrected chi connectivity index (χ0v) is 17.1. The molecular formula is C23H28N2O5. The number of carbonyl (C=O) groups excluding carboxylic acids is 2. The number of para-hydroxylation sites is 1. The Morgan fingerprint density at radius 3 is 2.40 bits per heavy atom. The first kappa shape index (κ1) is 21.5. The average molecular weight is 412 g/mol. The Bertz CT molecular complexity index is 817. The molecule has 0 aromatic heterocycles. The predicted octanol–water partition coefficient (Wildman–Crippen LogP) is 2.74. The van der Waals surface area contributed by atoms with Crippen LogP contribution in [0.3, 0.4) is 0 Å². The molecule has 3 rings (SSSR count). The highest BCUT2D eigenvalue weighted by atomic mass is 16.5. The van der Waals surface area contributed by atoms with Gasteiger partial charge in [-0.15, -0.1) is 0 Å². The number of benzene rings is 2. The maximum Gasteiger partial charge on any atom is 0.260 e. The number of aromatic hydroxyl groups is 1. The maximum absolute atomic E-state index is 12.4. The number of piperidine rings is 1. The lowest BCUT2D eigenvalue weighted by Crippen LogP contribution is -2.49. The molecule has 1 unspecified atom stereocenters. The number of amides is 2. The number of phenolic OH excluding ortho intramolecular Hbond substituents is 1. The summed E-state index contributed by atoms with van der Waals surface area (Å²) in [6.07, 6.45) is 1.11. The summed E-state index contributed by atoms with van der Waals surface area (Å²) in [6.45, 7) is 3.27. The lowest BCUT2D eigenvalue weighted by Gasteiger charge is -2.33. The van der Waals surface area contributed by atoms with E-state index < -0.39 is 6.10 Å². The standard InChI is InChI=1S/C23H28N2O5/c1-17(30-21-9-7-19(26)8-10-21)23(28)24-18-11-14-25(15-12-18)22(27)13-16-29-20-5-3-2-4-6-20/h2-10,17-18,26H,11-16H2,1H3,(H,24,28). The molecule has 1 atom stereocenters. The van der Waals surface area contributed by atoms with Gasteiger partial charge in [0.05, 0.1) is 13.0 Å². The Morgan fingerprint density at radius 1 is 1.07 bits per heavy atom. The highest BCUT2D eigenvalue weighted by molar-refractivity contribution is 5.81. The van der Waals surface area contributed by atoms with Crippen LogP contribution in [0.5, 0.6) is 17.2 Å². The van der Waals surface area contributed by atoms with Crippen molar-refractivity contribution in [3.63, 3.8) is 0 Å². The van der Waals surface area contributed by atoms with E-state index in [0.717, 1.165) is 5.75 Å². The quantitative estimate of drug-likeness (QED) is 0.696. The number of phenols is 1. The molecular weight excluding hydrogens is 384 g/mol. The summed E-state index contributed by atoms with van der Waals surface area (Å²) in [6, 6.07) is 15.7. The number of ether oxygens (including phenoxy) is 2. The summed E-state index contributed by atoms with van der Waals surface area (Å²) in [4.78, 5) is 26.6. The molecule has 2 aromatic rings. The topological polar surface area (TPSA) is 88.1 Å². The first-order valence-electron chi connectivity index (χ1n) is 10.2. The van der Waals surface area contributed by atoms with Gasteiger partial charge in [-0.05, 0) is 56.2 Å². The average Bonchev–Trinajstić information content (AvgIpc) is 2.76. The van der Waals surface area contributed by atoms with Gasteiger partial charge >= 0.3 is 0 Å². The Morgan fingerprint density at radius 2 is 1.73 bits per heavy atom. The molecule has 2 N–H and O–H groups in total. The van der Waals surface area contributed by atoms with Crippen molar-refractivity contribution in [2.75, 3.05) is 19.7 Å². The molecule has 0 bridgehead atoms. The molecule has 0 saturated carbocycles. The molecule has 160 valence electrons. The molecule has 1 fully saturated rings. The molecule has 2 aromatic carbocycles. The lowest BCUT2D eigenvalue weighted by atomic mass is 10.0. The van der Waals surface area contributed by atoms with Crippen LogP contribution in [0.4, 0.5) is 0 Å². The highest BCUT2D eigenvalue weighted by Crippen LogP contribution is 2.18. The van der Waals surface area contributed by atoms with E-state index in [1.165, 1.54) is 12.1 Å². The van der Waals surface area contributed by atoms with E-state index in [9.17, 15) is 14.7 Å². The molecule has 2 amide bonds. The van der Waals surface area contributed by atoms with Crippen molar-refractivity contribution in [2.45, 2.75) is 38.3 Å². The molecule has 7 nitrogen and oxygen atoms in total. The van der Waals surface area contributed by atoms with E-state index >= 15 is 0 Å². The third-order valence-corrected chi connectivity index (χ3v) is 5.04. The third kappa shape index (κ3) is 6.40. The van der Waals surface area contributed by atoms with E-state index in [0.29, 0.717) is 44.7 Å². The minimum atomic E-state index is -0.649. The SMILES string of the molecule is CC(Oc1ccc(O)cc1)C(=O)NC1CCN(C(=O)CCOc2ccccc2)CC1. The van der Waals surface area contributed by atoms with Gasteiger partial charge in [0.2, 0.25) is 5.91 Å². The van der Waals surface area contributed by atoms with Gasteiger partial charge < -0.3 is 24.8 Å². The van der Waals surface area contributed by atoms with Gasteiger partial charge in [0.25, 0.3) is 5.91 Å². The monoisotopic (exact) mass is 412 g/mol. The summed E-state index contributed by atoms with van der Waals surface area (Å²) in [7, 11) is 0. The summed E-state index contributed by atoms with van der Waals surface area (Å²) >= 11 is 0. The Balaban J connectivity index is 1.35. The summed E-state index contributed by atoms with van der Waals surface area (Å²) < 4.78 is 11.2. The van der Waals surface area contributed by atoms with Crippen LogP contribution in [0, 0.1) is 0 Å². The fourth-order valence-corrected chi connectivity index (χ4v) is 3.31. The number of hydrogen-bond donors (Lipinski definition) is 2. The van der Waals surface area contributed by atoms with Gasteiger partial charge in [-0.25, -0.2) is 0 Å². The van der Waals surface area contributed by atoms with Gasteiger partial charge in [-0.3, -0.25) is 9.59 Å². The zero-order chi connectivity index (χ0) is 21.3. The van der Waals surface area contributed by atoms with E-state index in [1.807, 2.05) is 35.2 Å². The molecule has 30 heavy (non-hydrogen) atoms. The van der Waals surface area contributed by atoms with Gasteiger partial charge in [0, 0.05) is 19.1 Å². The molecule has 1 aliphatic rings. The normalized spacial score (nSPS) is 15.3. The second-order valence-corrected chi connectivity index (χ2v) is 7.33. The number of nitrogens with one attached hydrogen (secondary N) is 1. The van der Waals surface area contributed by atoms with Crippen LogP contribution in [-0.4, -0.2) is 53.7 Å². The molecule has 1 heterocycles. The van der Waals surface area contributed by atoms with Crippen LogP contribution < -0.4 is 14.8 Å². The second-order valence-electron chi connectivity index (χ2n) is 7.33. The van der Waals surface area contributed by atoms with Crippen molar-refractivity contribution in [3.05, 3.63) is 54.6 Å². The highest BCUT2D eigenvalue weighted by Gasteiger charge is 2.25. The van der Waals surface area contributed by atoms with Crippen LogP contribution >= 0.6 is 0 Å². The Labute approximate surface area is 176 Å². The smallest absolute Gasteiger partial charge is 0.260 e. The van der Waals surface area contributed by atoms with Gasteiger partial charge in [-0.2, -0.15) is 0 Å². The summed E-state index contributed by atoms with van der Waals surface area (Å²) in [5, 5.41) is 12.3. The minimum absolute atomic E-state index is 0.0213. The van der Waals surface area contributed by atoms with Crippen LogP contribution in [0.2, 0.25) is 0 Å². The first-order valence-corrected chi connectivity index (χ1v) is 10.2. The van der Waals surface area contributed by atoms with Crippen molar-refractivity contribution < 1.29 is 24.2 Å². The van der Waals surface area contributed by atoms with Gasteiger partial charge in [-0.1, -0.05) is 18.2 Å². The maximum atomic E-state index is 12.4. The molecule has 0 aliphatic carbocycles. The van der Waals surface area contributed by atoms with Crippen LogP contribution in [0.25, 0.3) is 0 Å². The molecule has 7 heteroatoms. The first-order chi connectivity index (χ1) is 14.5. The Kier molecular flexibility index (Phi) is 7.54. The minimum Gasteiger partial charge on any atom is -0.508 e. The fraction of sp³-hybridized carbons (Fsp3) is 0.391. The number of carbonyl (C=O) groups is 2.